The third kappa shape index (κ3) is 3.70. The monoisotopic (exact) mass is 283 g/mol. The van der Waals surface area contributed by atoms with Gasteiger partial charge in [0.2, 0.25) is 0 Å². The van der Waals surface area contributed by atoms with Crippen molar-refractivity contribution in [1.29, 1.82) is 0 Å². The van der Waals surface area contributed by atoms with Gasteiger partial charge < -0.3 is 10.1 Å². The zero-order chi connectivity index (χ0) is 15.2. The minimum atomic E-state index is -0.140. The van der Waals surface area contributed by atoms with Gasteiger partial charge in [0.05, 0.1) is 6.10 Å². The number of nitrogens with one attached hydrogen (secondary N) is 1. The van der Waals surface area contributed by atoms with Crippen LogP contribution in [0.5, 0.6) is 0 Å². The minimum Gasteiger partial charge on any atom is -0.375 e. The maximum Gasteiger partial charge on any atom is 0.251 e. The smallest absolute Gasteiger partial charge is 0.251 e. The van der Waals surface area contributed by atoms with Crippen molar-refractivity contribution in [3.63, 3.8) is 0 Å². The Hall–Kier alpha value is -2.13. The molecule has 0 aliphatic heterocycles. The van der Waals surface area contributed by atoms with E-state index in [0.717, 1.165) is 16.7 Å². The molecule has 0 heterocycles. The average Bonchev–Trinajstić information content (AvgIpc) is 2.49. The predicted molar refractivity (Wildman–Crippen MR) is 84.4 cm³/mol. The summed E-state index contributed by atoms with van der Waals surface area (Å²) in [6, 6.07) is 15.6. The number of aryl methyl sites for hydroxylation is 2. The van der Waals surface area contributed by atoms with Crippen LogP contribution in [0.15, 0.2) is 48.5 Å². The Balaban J connectivity index is 2.06. The van der Waals surface area contributed by atoms with Crippen molar-refractivity contribution in [3.8, 4) is 0 Å². The second kappa shape index (κ2) is 7.04. The molecule has 1 amide bonds. The number of methoxy groups -OCH3 is 1. The second-order valence-corrected chi connectivity index (χ2v) is 5.11. The Kier molecular flexibility index (Phi) is 5.12. The molecule has 0 saturated carbocycles. The fraction of sp³-hybridized carbons (Fsp3) is 0.278. The van der Waals surface area contributed by atoms with Crippen LogP contribution in [0.4, 0.5) is 0 Å². The van der Waals surface area contributed by atoms with Crippen LogP contribution in [0.1, 0.15) is 33.2 Å². The quantitative estimate of drug-likeness (QED) is 0.913. The Morgan fingerprint density at radius 3 is 2.29 bits per heavy atom. The fourth-order valence-electron chi connectivity index (χ4n) is 2.38. The van der Waals surface area contributed by atoms with Gasteiger partial charge in [-0.05, 0) is 36.6 Å². The summed E-state index contributed by atoms with van der Waals surface area (Å²) < 4.78 is 5.52. The number of ether oxygens (including phenoxy) is 1. The van der Waals surface area contributed by atoms with E-state index in [1.807, 2.05) is 62.4 Å². The molecular weight excluding hydrogens is 262 g/mol. The highest BCUT2D eigenvalue weighted by molar-refractivity contribution is 5.95. The van der Waals surface area contributed by atoms with Gasteiger partial charge in [-0.3, -0.25) is 4.79 Å². The standard InChI is InChI=1S/C18H21NO2/c1-13-8-4-6-10-15(13)17(21-3)12-19-18(20)16-11-7-5-9-14(16)2/h4-11,17H,12H2,1-3H3,(H,19,20). The van der Waals surface area contributed by atoms with Crippen LogP contribution in [-0.4, -0.2) is 19.6 Å². The molecule has 2 aromatic carbocycles. The van der Waals surface area contributed by atoms with E-state index in [9.17, 15) is 4.79 Å². The summed E-state index contributed by atoms with van der Waals surface area (Å²) in [6.45, 7) is 4.43. The van der Waals surface area contributed by atoms with E-state index < -0.39 is 0 Å². The van der Waals surface area contributed by atoms with Crippen LogP contribution in [0, 0.1) is 13.8 Å². The maximum absolute atomic E-state index is 12.2. The molecule has 3 nitrogen and oxygen atoms in total. The third-order valence-electron chi connectivity index (χ3n) is 3.66. The van der Waals surface area contributed by atoms with Crippen molar-refractivity contribution >= 4 is 5.91 Å². The first-order valence-electron chi connectivity index (χ1n) is 7.05. The molecule has 21 heavy (non-hydrogen) atoms. The normalized spacial score (nSPS) is 12.0. The van der Waals surface area contributed by atoms with Gasteiger partial charge in [-0.1, -0.05) is 42.5 Å². The van der Waals surface area contributed by atoms with E-state index in [1.165, 1.54) is 0 Å². The lowest BCUT2D eigenvalue weighted by Crippen LogP contribution is -2.29. The lowest BCUT2D eigenvalue weighted by molar-refractivity contribution is 0.0825. The van der Waals surface area contributed by atoms with E-state index in [4.69, 9.17) is 4.74 Å². The molecule has 2 rings (SSSR count). The molecule has 1 N–H and O–H groups in total. The SMILES string of the molecule is COC(CNC(=O)c1ccccc1C)c1ccccc1C. The van der Waals surface area contributed by atoms with Crippen molar-refractivity contribution in [1.82, 2.24) is 5.32 Å². The number of benzene rings is 2. The van der Waals surface area contributed by atoms with Crippen molar-refractivity contribution < 1.29 is 9.53 Å². The number of carbonyl (C=O) groups excluding carboxylic acids is 1. The van der Waals surface area contributed by atoms with Gasteiger partial charge in [-0.15, -0.1) is 0 Å². The van der Waals surface area contributed by atoms with Gasteiger partial charge in [0.15, 0.2) is 0 Å². The van der Waals surface area contributed by atoms with E-state index in [0.29, 0.717) is 12.1 Å². The molecule has 0 saturated heterocycles. The van der Waals surface area contributed by atoms with Crippen LogP contribution >= 0.6 is 0 Å². The maximum atomic E-state index is 12.2. The van der Waals surface area contributed by atoms with Gasteiger partial charge in [-0.2, -0.15) is 0 Å². The topological polar surface area (TPSA) is 38.3 Å². The first kappa shape index (κ1) is 15.3. The molecule has 1 atom stereocenters. The van der Waals surface area contributed by atoms with Crippen molar-refractivity contribution in [2.24, 2.45) is 0 Å². The molecule has 0 aromatic heterocycles. The zero-order valence-electron chi connectivity index (χ0n) is 12.7. The minimum absolute atomic E-state index is 0.0660. The molecule has 0 aliphatic carbocycles. The molecule has 1 unspecified atom stereocenters. The summed E-state index contributed by atoms with van der Waals surface area (Å²) in [5, 5.41) is 2.95. The van der Waals surface area contributed by atoms with E-state index in [2.05, 4.69) is 5.32 Å². The lowest BCUT2D eigenvalue weighted by atomic mass is 10.0. The molecular formula is C18H21NO2. The summed E-state index contributed by atoms with van der Waals surface area (Å²) in [5.74, 6) is -0.0660. The summed E-state index contributed by atoms with van der Waals surface area (Å²) in [7, 11) is 1.66. The highest BCUT2D eigenvalue weighted by atomic mass is 16.5. The zero-order valence-corrected chi connectivity index (χ0v) is 12.7. The summed E-state index contributed by atoms with van der Waals surface area (Å²) >= 11 is 0. The van der Waals surface area contributed by atoms with Crippen LogP contribution in [0.3, 0.4) is 0 Å². The van der Waals surface area contributed by atoms with E-state index >= 15 is 0 Å². The number of hydrogen-bond donors (Lipinski definition) is 1. The fourth-order valence-corrected chi connectivity index (χ4v) is 2.38. The van der Waals surface area contributed by atoms with Gasteiger partial charge >= 0.3 is 0 Å². The van der Waals surface area contributed by atoms with Crippen LogP contribution < -0.4 is 5.32 Å². The summed E-state index contributed by atoms with van der Waals surface area (Å²) in [6.07, 6.45) is -0.140. The Morgan fingerprint density at radius 1 is 1.05 bits per heavy atom. The molecule has 0 radical (unpaired) electrons. The molecule has 0 aliphatic rings. The van der Waals surface area contributed by atoms with Crippen molar-refractivity contribution in [3.05, 3.63) is 70.8 Å². The Morgan fingerprint density at radius 2 is 1.67 bits per heavy atom. The first-order valence-corrected chi connectivity index (χ1v) is 7.05. The highest BCUT2D eigenvalue weighted by Crippen LogP contribution is 2.19. The Bertz CT molecular complexity index is 622. The second-order valence-electron chi connectivity index (χ2n) is 5.11. The van der Waals surface area contributed by atoms with Gasteiger partial charge in [-0.25, -0.2) is 0 Å². The van der Waals surface area contributed by atoms with E-state index in [-0.39, 0.29) is 12.0 Å². The average molecular weight is 283 g/mol. The number of hydrogen-bond acceptors (Lipinski definition) is 2. The van der Waals surface area contributed by atoms with E-state index in [1.54, 1.807) is 7.11 Å². The van der Waals surface area contributed by atoms with Crippen LogP contribution in [0.25, 0.3) is 0 Å². The van der Waals surface area contributed by atoms with Crippen LogP contribution in [0.2, 0.25) is 0 Å². The molecule has 0 fully saturated rings. The molecule has 110 valence electrons. The van der Waals surface area contributed by atoms with Crippen LogP contribution in [-0.2, 0) is 4.74 Å². The summed E-state index contributed by atoms with van der Waals surface area (Å²) in [5.41, 5.74) is 3.94. The molecule has 2 aromatic rings. The Labute approximate surface area is 126 Å². The number of rotatable bonds is 5. The molecule has 3 heteroatoms. The molecule has 0 spiro atoms. The lowest BCUT2D eigenvalue weighted by Gasteiger charge is -2.19. The van der Waals surface area contributed by atoms with Gasteiger partial charge in [0.25, 0.3) is 5.91 Å². The van der Waals surface area contributed by atoms with Crippen molar-refractivity contribution in [2.45, 2.75) is 20.0 Å². The first-order chi connectivity index (χ1) is 10.1. The summed E-state index contributed by atoms with van der Waals surface area (Å²) in [4.78, 5) is 12.2. The third-order valence-corrected chi connectivity index (χ3v) is 3.66. The largest absolute Gasteiger partial charge is 0.375 e. The number of carbonyl (C=O) groups is 1. The highest BCUT2D eigenvalue weighted by Gasteiger charge is 2.15. The van der Waals surface area contributed by atoms with Crippen molar-refractivity contribution in [2.75, 3.05) is 13.7 Å². The van der Waals surface area contributed by atoms with Gasteiger partial charge in [0, 0.05) is 19.2 Å². The number of amides is 1. The van der Waals surface area contributed by atoms with Gasteiger partial charge in [0.1, 0.15) is 0 Å². The molecule has 0 bridgehead atoms. The predicted octanol–water partition coefficient (Wildman–Crippen LogP) is 3.42.